The summed E-state index contributed by atoms with van der Waals surface area (Å²) in [6.45, 7) is 3.21. The number of hydrogen-bond acceptors (Lipinski definition) is 8. The molecule has 0 atom stereocenters. The number of carbonyl (C=O) groups is 1. The Morgan fingerprint density at radius 3 is 2.39 bits per heavy atom. The number of rotatable bonds is 5. The van der Waals surface area contributed by atoms with Gasteiger partial charge in [-0.15, -0.1) is 0 Å². The maximum atomic E-state index is 13.6. The number of nitrogens with one attached hydrogen (secondary N) is 1. The number of halogens is 2. The Balaban J connectivity index is 1.22. The van der Waals surface area contributed by atoms with Crippen molar-refractivity contribution in [1.82, 2.24) is 14.9 Å². The third-order valence-electron chi connectivity index (χ3n) is 7.32. The van der Waals surface area contributed by atoms with E-state index in [-0.39, 0.29) is 5.91 Å². The molecule has 1 fully saturated rings. The van der Waals surface area contributed by atoms with Gasteiger partial charge in [-0.25, -0.2) is 9.88 Å². The van der Waals surface area contributed by atoms with Gasteiger partial charge in [0, 0.05) is 43.2 Å². The topological polar surface area (TPSA) is 80.2 Å². The number of para-hydroxylation sites is 1. The number of fused-ring (bicyclic) bond motifs is 3. The van der Waals surface area contributed by atoms with Crippen LogP contribution < -0.4 is 20.0 Å². The van der Waals surface area contributed by atoms with E-state index < -0.39 is 0 Å². The van der Waals surface area contributed by atoms with Crippen molar-refractivity contribution in [3.63, 3.8) is 0 Å². The van der Waals surface area contributed by atoms with E-state index in [0.29, 0.717) is 58.2 Å². The second kappa shape index (κ2) is 10.1. The number of benzene rings is 2. The summed E-state index contributed by atoms with van der Waals surface area (Å²) >= 11 is 12.9. The van der Waals surface area contributed by atoms with Crippen molar-refractivity contribution in [1.29, 1.82) is 0 Å². The first-order valence-corrected chi connectivity index (χ1v) is 13.4. The van der Waals surface area contributed by atoms with Gasteiger partial charge in [0.1, 0.15) is 5.56 Å². The Hall–Kier alpha value is -3.40. The summed E-state index contributed by atoms with van der Waals surface area (Å²) in [4.78, 5) is 35.4. The van der Waals surface area contributed by atoms with E-state index in [2.05, 4.69) is 51.3 Å². The number of anilines is 5. The first-order chi connectivity index (χ1) is 18.4. The van der Waals surface area contributed by atoms with Crippen molar-refractivity contribution in [2.24, 2.45) is 4.99 Å². The van der Waals surface area contributed by atoms with Gasteiger partial charge < -0.3 is 15.1 Å². The zero-order valence-corrected chi connectivity index (χ0v) is 22.7. The highest BCUT2D eigenvalue weighted by atomic mass is 35.5. The summed E-state index contributed by atoms with van der Waals surface area (Å²) in [6.07, 6.45) is 3.87. The average molecular weight is 551 g/mol. The smallest absolute Gasteiger partial charge is 0.270 e. The molecular formula is C27H28Cl2N8O. The SMILES string of the molecule is CN(C)C1CCN(c2ccc(Nc3ncc4c(n3)N3CCN=C3N(c3c(Cl)cccc3Cl)C4=O)cc2)CC1. The Morgan fingerprint density at radius 1 is 1.00 bits per heavy atom. The molecule has 1 N–H and O–H groups in total. The van der Waals surface area contributed by atoms with E-state index in [9.17, 15) is 4.79 Å². The van der Waals surface area contributed by atoms with E-state index in [4.69, 9.17) is 28.2 Å². The minimum Gasteiger partial charge on any atom is -0.371 e. The Morgan fingerprint density at radius 2 is 1.71 bits per heavy atom. The van der Waals surface area contributed by atoms with Crippen LogP contribution in [0.25, 0.3) is 0 Å². The molecule has 1 aromatic heterocycles. The van der Waals surface area contributed by atoms with Gasteiger partial charge in [0.25, 0.3) is 5.91 Å². The predicted molar refractivity (Wildman–Crippen MR) is 154 cm³/mol. The minimum atomic E-state index is -0.319. The molecule has 196 valence electrons. The summed E-state index contributed by atoms with van der Waals surface area (Å²) in [7, 11) is 4.31. The number of nitrogens with zero attached hydrogens (tertiary/aromatic N) is 7. The van der Waals surface area contributed by atoms with Crippen molar-refractivity contribution in [3.05, 3.63) is 64.3 Å². The summed E-state index contributed by atoms with van der Waals surface area (Å²) in [6, 6.07) is 14.1. The molecule has 0 aliphatic carbocycles. The number of piperidine rings is 1. The summed E-state index contributed by atoms with van der Waals surface area (Å²) in [5.74, 6) is 1.07. The van der Waals surface area contributed by atoms with Crippen molar-refractivity contribution >= 4 is 63.9 Å². The van der Waals surface area contributed by atoms with Crippen molar-refractivity contribution < 1.29 is 4.79 Å². The summed E-state index contributed by atoms with van der Waals surface area (Å²) in [5, 5.41) is 4.02. The van der Waals surface area contributed by atoms with Crippen LogP contribution in [0.15, 0.2) is 53.7 Å². The lowest BCUT2D eigenvalue weighted by atomic mass is 10.0. The fourth-order valence-corrected chi connectivity index (χ4v) is 5.82. The molecule has 1 amide bonds. The zero-order chi connectivity index (χ0) is 26.4. The van der Waals surface area contributed by atoms with Crippen LogP contribution in [0.2, 0.25) is 10.0 Å². The molecule has 9 nitrogen and oxygen atoms in total. The largest absolute Gasteiger partial charge is 0.371 e. The molecule has 0 spiro atoms. The second-order valence-corrected chi connectivity index (χ2v) is 10.6. The zero-order valence-electron chi connectivity index (χ0n) is 21.2. The van der Waals surface area contributed by atoms with E-state index >= 15 is 0 Å². The molecule has 11 heteroatoms. The molecule has 0 bridgehead atoms. The Bertz CT molecular complexity index is 1380. The molecule has 2 aromatic carbocycles. The van der Waals surface area contributed by atoms with Gasteiger partial charge in [-0.1, -0.05) is 29.3 Å². The normalized spacial score (nSPS) is 17.6. The fraction of sp³-hybridized carbons (Fsp3) is 0.333. The van der Waals surface area contributed by atoms with E-state index in [1.807, 2.05) is 17.0 Å². The Kier molecular flexibility index (Phi) is 6.59. The van der Waals surface area contributed by atoms with E-state index in [0.717, 1.165) is 31.6 Å². The molecule has 0 radical (unpaired) electrons. The van der Waals surface area contributed by atoms with Crippen LogP contribution in [0.1, 0.15) is 23.2 Å². The third-order valence-corrected chi connectivity index (χ3v) is 7.93. The average Bonchev–Trinajstić information content (AvgIpc) is 3.41. The van der Waals surface area contributed by atoms with Crippen LogP contribution in [0.4, 0.5) is 28.8 Å². The van der Waals surface area contributed by atoms with Crippen LogP contribution in [0.5, 0.6) is 0 Å². The monoisotopic (exact) mass is 550 g/mol. The van der Waals surface area contributed by atoms with E-state index in [1.165, 1.54) is 10.6 Å². The quantitative estimate of drug-likeness (QED) is 0.484. The number of amides is 1. The molecule has 6 rings (SSSR count). The molecule has 3 aromatic rings. The number of carbonyl (C=O) groups excluding carboxylic acids is 1. The van der Waals surface area contributed by atoms with Crippen molar-refractivity contribution in [2.75, 3.05) is 60.3 Å². The minimum absolute atomic E-state index is 0.319. The molecule has 1 saturated heterocycles. The maximum Gasteiger partial charge on any atom is 0.270 e. The lowest BCUT2D eigenvalue weighted by molar-refractivity contribution is 0.1000. The van der Waals surface area contributed by atoms with Gasteiger partial charge in [-0.2, -0.15) is 4.98 Å². The predicted octanol–water partition coefficient (Wildman–Crippen LogP) is 4.89. The van der Waals surface area contributed by atoms with Crippen LogP contribution in [0.3, 0.4) is 0 Å². The van der Waals surface area contributed by atoms with Gasteiger partial charge in [-0.05, 0) is 63.3 Å². The molecule has 0 saturated carbocycles. The molecule has 38 heavy (non-hydrogen) atoms. The molecular weight excluding hydrogens is 523 g/mol. The number of aliphatic imine (C=N–C) groups is 1. The van der Waals surface area contributed by atoms with Crippen LogP contribution in [-0.4, -0.2) is 73.1 Å². The maximum absolute atomic E-state index is 13.6. The Labute approximate surface area is 231 Å². The van der Waals surface area contributed by atoms with Crippen molar-refractivity contribution in [3.8, 4) is 0 Å². The van der Waals surface area contributed by atoms with Crippen LogP contribution >= 0.6 is 23.2 Å². The molecule has 4 heterocycles. The molecule has 3 aliphatic rings. The summed E-state index contributed by atoms with van der Waals surface area (Å²) < 4.78 is 0. The summed E-state index contributed by atoms with van der Waals surface area (Å²) in [5.41, 5.74) is 2.86. The third kappa shape index (κ3) is 4.44. The lowest BCUT2D eigenvalue weighted by Gasteiger charge is -2.36. The van der Waals surface area contributed by atoms with Gasteiger partial charge in [0.15, 0.2) is 5.82 Å². The molecule has 3 aliphatic heterocycles. The van der Waals surface area contributed by atoms with Gasteiger partial charge in [0.05, 0.1) is 22.3 Å². The fourth-order valence-electron chi connectivity index (χ4n) is 5.26. The highest BCUT2D eigenvalue weighted by Gasteiger charge is 2.41. The van der Waals surface area contributed by atoms with Crippen LogP contribution in [-0.2, 0) is 0 Å². The van der Waals surface area contributed by atoms with Gasteiger partial charge >= 0.3 is 0 Å². The standard InChI is InChI=1S/C27H28Cl2N8O/c1-34(2)18-10-13-35(14-11-18)19-8-6-17(7-9-19)32-26-31-16-20-24(33-26)36-15-12-30-27(36)37(25(20)38)23-21(28)4-3-5-22(23)29/h3-9,16,18H,10-15H2,1-2H3,(H,31,32,33). The lowest BCUT2D eigenvalue weighted by Crippen LogP contribution is -2.51. The van der Waals surface area contributed by atoms with Gasteiger partial charge in [0.2, 0.25) is 11.9 Å². The number of aromatic nitrogens is 2. The van der Waals surface area contributed by atoms with E-state index in [1.54, 1.807) is 24.4 Å². The number of guanidine groups is 1. The first-order valence-electron chi connectivity index (χ1n) is 12.7. The van der Waals surface area contributed by atoms with Crippen molar-refractivity contribution in [2.45, 2.75) is 18.9 Å². The number of hydrogen-bond donors (Lipinski definition) is 1. The highest BCUT2D eigenvalue weighted by molar-refractivity contribution is 6.43. The highest BCUT2D eigenvalue weighted by Crippen LogP contribution is 2.39. The second-order valence-electron chi connectivity index (χ2n) is 9.83. The van der Waals surface area contributed by atoms with Crippen LogP contribution in [0, 0.1) is 0 Å². The first kappa shape index (κ1) is 24.9. The molecule has 0 unspecified atom stereocenters. The van der Waals surface area contributed by atoms with Gasteiger partial charge in [-0.3, -0.25) is 14.7 Å².